The van der Waals surface area contributed by atoms with Crippen LogP contribution in [0.2, 0.25) is 0 Å². The van der Waals surface area contributed by atoms with Crippen LogP contribution in [0.25, 0.3) is 22.2 Å². The first kappa shape index (κ1) is 15.4. The Bertz CT molecular complexity index is 881. The molecule has 0 radical (unpaired) electrons. The number of benzene rings is 2. The molecule has 1 aliphatic rings. The van der Waals surface area contributed by atoms with Crippen molar-refractivity contribution in [2.45, 2.75) is 52.4 Å². The molecule has 1 aromatic heterocycles. The van der Waals surface area contributed by atoms with Crippen LogP contribution in [-0.4, -0.2) is 4.98 Å². The van der Waals surface area contributed by atoms with Crippen molar-refractivity contribution >= 4 is 10.9 Å². The highest BCUT2D eigenvalue weighted by Gasteiger charge is 2.19. The van der Waals surface area contributed by atoms with Gasteiger partial charge in [-0.25, -0.2) is 4.98 Å². The number of fused-ring (bicyclic) bond motifs is 1. The van der Waals surface area contributed by atoms with E-state index < -0.39 is 0 Å². The molecule has 3 aromatic rings. The van der Waals surface area contributed by atoms with Crippen LogP contribution in [0.15, 0.2) is 42.5 Å². The van der Waals surface area contributed by atoms with Crippen LogP contribution >= 0.6 is 0 Å². The fourth-order valence-electron chi connectivity index (χ4n) is 4.33. The number of nitrogens with zero attached hydrogens (tertiary/aromatic N) is 1. The molecule has 1 heteroatoms. The fourth-order valence-corrected chi connectivity index (χ4v) is 4.33. The Labute approximate surface area is 144 Å². The molecule has 1 aliphatic carbocycles. The molecule has 0 bridgehead atoms. The van der Waals surface area contributed by atoms with E-state index in [9.17, 15) is 0 Å². The van der Waals surface area contributed by atoms with E-state index >= 15 is 0 Å². The van der Waals surface area contributed by atoms with Gasteiger partial charge in [0.2, 0.25) is 0 Å². The minimum atomic E-state index is 0.758. The lowest BCUT2D eigenvalue weighted by atomic mass is 9.91. The molecule has 2 aromatic carbocycles. The molecule has 0 amide bonds. The number of hydrogen-bond acceptors (Lipinski definition) is 1. The fraction of sp³-hybridized carbons (Fsp3) is 0.348. The van der Waals surface area contributed by atoms with Crippen molar-refractivity contribution in [3.63, 3.8) is 0 Å². The van der Waals surface area contributed by atoms with Crippen LogP contribution < -0.4 is 0 Å². The van der Waals surface area contributed by atoms with Crippen molar-refractivity contribution < 1.29 is 0 Å². The van der Waals surface area contributed by atoms with Crippen LogP contribution in [-0.2, 0) is 0 Å². The van der Waals surface area contributed by atoms with Gasteiger partial charge >= 0.3 is 0 Å². The summed E-state index contributed by atoms with van der Waals surface area (Å²) in [4.78, 5) is 4.96. The van der Waals surface area contributed by atoms with Gasteiger partial charge in [0.1, 0.15) is 0 Å². The van der Waals surface area contributed by atoms with E-state index in [1.54, 1.807) is 5.56 Å². The largest absolute Gasteiger partial charge is 0.248 e. The molecule has 0 atom stereocenters. The lowest BCUT2D eigenvalue weighted by molar-refractivity contribution is 0.719. The minimum Gasteiger partial charge on any atom is -0.248 e. The Morgan fingerprint density at radius 2 is 1.54 bits per heavy atom. The lowest BCUT2D eigenvalue weighted by Gasteiger charge is -2.15. The predicted molar refractivity (Wildman–Crippen MR) is 103 cm³/mol. The van der Waals surface area contributed by atoms with Crippen molar-refractivity contribution in [3.8, 4) is 11.3 Å². The first-order valence-electron chi connectivity index (χ1n) is 9.11. The standard InChI is InChI=1S/C23H25N/c1-15-12-16(2)14-19(13-15)22-10-9-21-17(3)20(8-11-23(21)24-22)18-6-4-5-7-18/h8-14,18H,4-7H2,1-3H3. The maximum absolute atomic E-state index is 4.96. The Balaban J connectivity index is 1.80. The SMILES string of the molecule is Cc1cc(C)cc(-c2ccc3c(C)c(C4CCCC4)ccc3n2)c1. The molecule has 24 heavy (non-hydrogen) atoms. The van der Waals surface area contributed by atoms with Crippen molar-refractivity contribution in [3.05, 3.63) is 64.7 Å². The van der Waals surface area contributed by atoms with Crippen molar-refractivity contribution in [2.24, 2.45) is 0 Å². The number of pyridine rings is 1. The Morgan fingerprint density at radius 1 is 0.833 bits per heavy atom. The Kier molecular flexibility index (Phi) is 3.88. The van der Waals surface area contributed by atoms with Gasteiger partial charge in [0.25, 0.3) is 0 Å². The number of rotatable bonds is 2. The topological polar surface area (TPSA) is 12.9 Å². The maximum Gasteiger partial charge on any atom is 0.0712 e. The van der Waals surface area contributed by atoms with Crippen LogP contribution in [0.5, 0.6) is 0 Å². The molecule has 1 fully saturated rings. The number of aromatic nitrogens is 1. The van der Waals surface area contributed by atoms with Gasteiger partial charge < -0.3 is 0 Å². The molecule has 0 unspecified atom stereocenters. The van der Waals surface area contributed by atoms with Crippen molar-refractivity contribution in [1.29, 1.82) is 0 Å². The summed E-state index contributed by atoms with van der Waals surface area (Å²) in [5.74, 6) is 0.758. The molecule has 0 spiro atoms. The average Bonchev–Trinajstić information content (AvgIpc) is 3.08. The molecule has 1 heterocycles. The Hall–Kier alpha value is -2.15. The van der Waals surface area contributed by atoms with Gasteiger partial charge in [-0.05, 0) is 74.9 Å². The smallest absolute Gasteiger partial charge is 0.0712 e. The highest BCUT2D eigenvalue weighted by Crippen LogP contribution is 2.37. The molecule has 4 rings (SSSR count). The molecular weight excluding hydrogens is 290 g/mol. The van der Waals surface area contributed by atoms with Crippen LogP contribution in [0.4, 0.5) is 0 Å². The second-order valence-electron chi connectivity index (χ2n) is 7.40. The molecule has 0 saturated heterocycles. The monoisotopic (exact) mass is 315 g/mol. The van der Waals surface area contributed by atoms with Gasteiger partial charge in [0.05, 0.1) is 11.2 Å². The summed E-state index contributed by atoms with van der Waals surface area (Å²) in [7, 11) is 0. The lowest BCUT2D eigenvalue weighted by Crippen LogP contribution is -1.97. The zero-order valence-corrected chi connectivity index (χ0v) is 14.9. The third kappa shape index (κ3) is 2.73. The molecular formula is C23H25N. The third-order valence-corrected chi connectivity index (χ3v) is 5.49. The summed E-state index contributed by atoms with van der Waals surface area (Å²) in [6, 6.07) is 15.7. The summed E-state index contributed by atoms with van der Waals surface area (Å²) < 4.78 is 0. The van der Waals surface area contributed by atoms with Crippen LogP contribution in [0.3, 0.4) is 0 Å². The first-order chi connectivity index (χ1) is 11.6. The summed E-state index contributed by atoms with van der Waals surface area (Å²) >= 11 is 0. The van der Waals surface area contributed by atoms with Gasteiger partial charge in [0.15, 0.2) is 0 Å². The van der Waals surface area contributed by atoms with E-state index in [1.807, 2.05) is 0 Å². The van der Waals surface area contributed by atoms with Crippen LogP contribution in [0.1, 0.15) is 53.9 Å². The number of aryl methyl sites for hydroxylation is 3. The summed E-state index contributed by atoms with van der Waals surface area (Å²) in [5.41, 5.74) is 8.96. The zero-order valence-electron chi connectivity index (χ0n) is 14.9. The number of hydrogen-bond donors (Lipinski definition) is 0. The second kappa shape index (κ2) is 6.05. The molecule has 1 nitrogen and oxygen atoms in total. The summed E-state index contributed by atoms with van der Waals surface area (Å²) in [5, 5.41) is 1.31. The van der Waals surface area contributed by atoms with Gasteiger partial charge in [-0.3, -0.25) is 0 Å². The third-order valence-electron chi connectivity index (χ3n) is 5.49. The van der Waals surface area contributed by atoms with E-state index in [4.69, 9.17) is 4.98 Å². The highest BCUT2D eigenvalue weighted by molar-refractivity contribution is 5.85. The van der Waals surface area contributed by atoms with Crippen molar-refractivity contribution in [1.82, 2.24) is 4.98 Å². The van der Waals surface area contributed by atoms with Crippen LogP contribution in [0, 0.1) is 20.8 Å². The van der Waals surface area contributed by atoms with Gasteiger partial charge in [-0.1, -0.05) is 42.2 Å². The van der Waals surface area contributed by atoms with E-state index in [1.165, 1.54) is 53.3 Å². The van der Waals surface area contributed by atoms with E-state index in [0.29, 0.717) is 0 Å². The molecule has 122 valence electrons. The van der Waals surface area contributed by atoms with E-state index in [-0.39, 0.29) is 0 Å². The predicted octanol–water partition coefficient (Wildman–Crippen LogP) is 6.48. The van der Waals surface area contributed by atoms with Gasteiger partial charge in [-0.2, -0.15) is 0 Å². The van der Waals surface area contributed by atoms with Gasteiger partial charge in [0, 0.05) is 10.9 Å². The quantitative estimate of drug-likeness (QED) is 0.527. The average molecular weight is 315 g/mol. The Morgan fingerprint density at radius 3 is 2.25 bits per heavy atom. The second-order valence-corrected chi connectivity index (χ2v) is 7.40. The maximum atomic E-state index is 4.96. The summed E-state index contributed by atoms with van der Waals surface area (Å²) in [6.07, 6.45) is 5.46. The van der Waals surface area contributed by atoms with Crippen molar-refractivity contribution in [2.75, 3.05) is 0 Å². The van der Waals surface area contributed by atoms with E-state index in [0.717, 1.165) is 17.1 Å². The first-order valence-corrected chi connectivity index (χ1v) is 9.11. The molecule has 0 N–H and O–H groups in total. The summed E-state index contributed by atoms with van der Waals surface area (Å²) in [6.45, 7) is 6.57. The zero-order chi connectivity index (χ0) is 16.7. The minimum absolute atomic E-state index is 0.758. The molecule has 1 saturated carbocycles. The van der Waals surface area contributed by atoms with E-state index in [2.05, 4.69) is 63.2 Å². The highest BCUT2D eigenvalue weighted by atomic mass is 14.7. The van der Waals surface area contributed by atoms with Gasteiger partial charge in [-0.15, -0.1) is 0 Å². The molecule has 0 aliphatic heterocycles. The normalized spacial score (nSPS) is 15.3.